The van der Waals surface area contributed by atoms with Crippen molar-refractivity contribution < 1.29 is 22.4 Å². The van der Waals surface area contributed by atoms with Gasteiger partial charge in [-0.1, -0.05) is 0 Å². The number of rotatable bonds is 5. The van der Waals surface area contributed by atoms with Crippen molar-refractivity contribution in [2.75, 3.05) is 12.4 Å². The first kappa shape index (κ1) is 17.1. The number of furan rings is 1. The van der Waals surface area contributed by atoms with Crippen LogP contribution >= 0.6 is 0 Å². The van der Waals surface area contributed by atoms with E-state index in [2.05, 4.69) is 5.32 Å². The molecule has 2 rings (SSSR count). The van der Waals surface area contributed by atoms with Gasteiger partial charge in [0.15, 0.2) is 0 Å². The molecule has 0 saturated carbocycles. The lowest BCUT2D eigenvalue weighted by Gasteiger charge is -2.23. The molecule has 0 fully saturated rings. The Hall–Kier alpha value is -2.28. The highest BCUT2D eigenvalue weighted by molar-refractivity contribution is 5.94. The maximum atomic E-state index is 12.5. The number of carbonyl (C=O) groups is 1. The van der Waals surface area contributed by atoms with E-state index in [1.54, 1.807) is 37.3 Å². The fourth-order valence-corrected chi connectivity index (χ4v) is 1.97. The lowest BCUT2D eigenvalue weighted by atomic mass is 10.2. The van der Waals surface area contributed by atoms with Crippen LogP contribution < -0.4 is 5.32 Å². The average molecular weight is 326 g/mol. The summed E-state index contributed by atoms with van der Waals surface area (Å²) >= 11 is 0. The molecule has 0 aliphatic rings. The monoisotopic (exact) mass is 326 g/mol. The third-order valence-corrected chi connectivity index (χ3v) is 3.51. The zero-order valence-corrected chi connectivity index (χ0v) is 12.7. The molecule has 2 aromatic rings. The summed E-state index contributed by atoms with van der Waals surface area (Å²) in [6.45, 7) is 2.16. The molecule has 1 N–H and O–H groups in total. The lowest BCUT2D eigenvalue weighted by Crippen LogP contribution is -2.39. The van der Waals surface area contributed by atoms with E-state index < -0.39 is 17.8 Å². The predicted molar refractivity (Wildman–Crippen MR) is 79.7 cm³/mol. The molecule has 0 spiro atoms. The maximum Gasteiger partial charge on any atom is 0.416 e. The van der Waals surface area contributed by atoms with Crippen LogP contribution in [0, 0.1) is 0 Å². The molecular weight excluding hydrogens is 309 g/mol. The Morgan fingerprint density at radius 3 is 2.43 bits per heavy atom. The van der Waals surface area contributed by atoms with Crippen molar-refractivity contribution in [3.8, 4) is 0 Å². The summed E-state index contributed by atoms with van der Waals surface area (Å²) in [6.07, 6.45) is -2.84. The largest absolute Gasteiger partial charge is 0.468 e. The van der Waals surface area contributed by atoms with Crippen LogP contribution in [0.1, 0.15) is 18.2 Å². The van der Waals surface area contributed by atoms with Gasteiger partial charge in [-0.2, -0.15) is 13.2 Å². The molecule has 1 atom stereocenters. The molecule has 0 aliphatic carbocycles. The minimum atomic E-state index is -4.39. The molecule has 1 amide bonds. The van der Waals surface area contributed by atoms with Gasteiger partial charge in [-0.25, -0.2) is 0 Å². The van der Waals surface area contributed by atoms with Crippen molar-refractivity contribution >= 4 is 11.6 Å². The molecule has 1 heterocycles. The average Bonchev–Trinajstić information content (AvgIpc) is 2.98. The zero-order chi connectivity index (χ0) is 17.0. The number of hydrogen-bond acceptors (Lipinski definition) is 3. The lowest BCUT2D eigenvalue weighted by molar-refractivity contribution is -0.137. The van der Waals surface area contributed by atoms with Gasteiger partial charge in [0.25, 0.3) is 0 Å². The summed E-state index contributed by atoms with van der Waals surface area (Å²) in [7, 11) is 1.76. The van der Waals surface area contributed by atoms with Crippen LogP contribution in [0.15, 0.2) is 47.1 Å². The van der Waals surface area contributed by atoms with Crippen LogP contribution in [0.5, 0.6) is 0 Å². The van der Waals surface area contributed by atoms with Gasteiger partial charge in [0.2, 0.25) is 5.91 Å². The van der Waals surface area contributed by atoms with E-state index in [1.807, 2.05) is 0 Å². The highest BCUT2D eigenvalue weighted by Crippen LogP contribution is 2.29. The summed E-state index contributed by atoms with van der Waals surface area (Å²) < 4.78 is 42.7. The number of nitrogens with one attached hydrogen (secondary N) is 1. The second kappa shape index (κ2) is 6.87. The van der Waals surface area contributed by atoms with Crippen molar-refractivity contribution in [3.63, 3.8) is 0 Å². The summed E-state index contributed by atoms with van der Waals surface area (Å²) in [5.41, 5.74) is -0.431. The normalized spacial score (nSPS) is 13.1. The van der Waals surface area contributed by atoms with Gasteiger partial charge in [0.1, 0.15) is 5.76 Å². The molecular formula is C16H17F3N2O2. The molecule has 23 heavy (non-hydrogen) atoms. The number of anilines is 1. The smallest absolute Gasteiger partial charge is 0.416 e. The molecule has 0 radical (unpaired) electrons. The van der Waals surface area contributed by atoms with Crippen LogP contribution in [0.2, 0.25) is 0 Å². The Kier molecular flexibility index (Phi) is 5.10. The number of carbonyl (C=O) groups excluding carboxylic acids is 1. The van der Waals surface area contributed by atoms with Gasteiger partial charge in [-0.05, 0) is 50.4 Å². The predicted octanol–water partition coefficient (Wildman–Crippen LogP) is 3.76. The molecule has 1 aromatic carbocycles. The number of halogens is 3. The first-order chi connectivity index (χ1) is 10.8. The highest BCUT2D eigenvalue weighted by atomic mass is 19.4. The van der Waals surface area contributed by atoms with Crippen LogP contribution in [-0.4, -0.2) is 23.9 Å². The molecule has 4 nitrogen and oxygen atoms in total. The van der Waals surface area contributed by atoms with Crippen LogP contribution in [0.4, 0.5) is 18.9 Å². The first-order valence-electron chi connectivity index (χ1n) is 6.98. The SMILES string of the molecule is C[C@@H](C(=O)Nc1ccc(C(F)(F)F)cc1)N(C)Cc1ccco1. The summed E-state index contributed by atoms with van der Waals surface area (Å²) in [5.74, 6) is 0.417. The second-order valence-corrected chi connectivity index (χ2v) is 5.23. The van der Waals surface area contributed by atoms with E-state index in [1.165, 1.54) is 12.1 Å². The number of amides is 1. The highest BCUT2D eigenvalue weighted by Gasteiger charge is 2.30. The van der Waals surface area contributed by atoms with Gasteiger partial charge in [0.05, 0.1) is 24.4 Å². The molecule has 7 heteroatoms. The topological polar surface area (TPSA) is 45.5 Å². The van der Waals surface area contributed by atoms with E-state index in [0.29, 0.717) is 12.2 Å². The van der Waals surface area contributed by atoms with Crippen molar-refractivity contribution in [1.82, 2.24) is 4.90 Å². The Morgan fingerprint density at radius 1 is 1.26 bits per heavy atom. The Labute approximate surface area is 131 Å². The second-order valence-electron chi connectivity index (χ2n) is 5.23. The first-order valence-corrected chi connectivity index (χ1v) is 6.98. The van der Waals surface area contributed by atoms with Crippen LogP contribution in [-0.2, 0) is 17.5 Å². The minimum absolute atomic E-state index is 0.307. The summed E-state index contributed by atoms with van der Waals surface area (Å²) in [5, 5.41) is 2.60. The molecule has 0 aliphatic heterocycles. The number of benzene rings is 1. The Morgan fingerprint density at radius 2 is 1.91 bits per heavy atom. The fourth-order valence-electron chi connectivity index (χ4n) is 1.97. The summed E-state index contributed by atoms with van der Waals surface area (Å²) in [4.78, 5) is 13.9. The van der Waals surface area contributed by atoms with Gasteiger partial charge < -0.3 is 9.73 Å². The van der Waals surface area contributed by atoms with Crippen molar-refractivity contribution in [1.29, 1.82) is 0 Å². The molecule has 0 bridgehead atoms. The van der Waals surface area contributed by atoms with Crippen molar-refractivity contribution in [2.24, 2.45) is 0 Å². The van der Waals surface area contributed by atoms with Crippen LogP contribution in [0.25, 0.3) is 0 Å². The van der Waals surface area contributed by atoms with Crippen molar-refractivity contribution in [3.05, 3.63) is 54.0 Å². The number of likely N-dealkylation sites (N-methyl/N-ethyl adjacent to an activating group) is 1. The van der Waals surface area contributed by atoms with Crippen LogP contribution in [0.3, 0.4) is 0 Å². The fraction of sp³-hybridized carbons (Fsp3) is 0.312. The van der Waals surface area contributed by atoms with E-state index in [9.17, 15) is 18.0 Å². The van der Waals surface area contributed by atoms with Gasteiger partial charge in [-0.3, -0.25) is 9.69 Å². The van der Waals surface area contributed by atoms with E-state index in [-0.39, 0.29) is 5.91 Å². The zero-order valence-electron chi connectivity index (χ0n) is 12.7. The molecule has 1 aromatic heterocycles. The third-order valence-electron chi connectivity index (χ3n) is 3.51. The van der Waals surface area contributed by atoms with Gasteiger partial charge in [-0.15, -0.1) is 0 Å². The number of nitrogens with zero attached hydrogens (tertiary/aromatic N) is 1. The van der Waals surface area contributed by atoms with E-state index in [0.717, 1.165) is 17.9 Å². The Balaban J connectivity index is 1.95. The molecule has 0 unspecified atom stereocenters. The van der Waals surface area contributed by atoms with Crippen molar-refractivity contribution in [2.45, 2.75) is 25.7 Å². The van der Waals surface area contributed by atoms with Gasteiger partial charge >= 0.3 is 6.18 Å². The quantitative estimate of drug-likeness (QED) is 0.910. The van der Waals surface area contributed by atoms with E-state index >= 15 is 0 Å². The van der Waals surface area contributed by atoms with Gasteiger partial charge in [0, 0.05) is 5.69 Å². The maximum absolute atomic E-state index is 12.5. The Bertz CT molecular complexity index is 636. The standard InChI is InChI=1S/C16H17F3N2O2/c1-11(21(2)10-14-4-3-9-23-14)15(22)20-13-7-5-12(6-8-13)16(17,18)19/h3-9,11H,10H2,1-2H3,(H,20,22)/t11-/m0/s1. The number of alkyl halides is 3. The molecule has 124 valence electrons. The third kappa shape index (κ3) is 4.59. The molecule has 0 saturated heterocycles. The summed E-state index contributed by atoms with van der Waals surface area (Å²) in [6, 6.07) is 7.44. The number of hydrogen-bond donors (Lipinski definition) is 1. The minimum Gasteiger partial charge on any atom is -0.468 e. The van der Waals surface area contributed by atoms with E-state index in [4.69, 9.17) is 4.42 Å².